The number of amides is 1. The van der Waals surface area contributed by atoms with E-state index in [0.717, 1.165) is 32.8 Å². The molecule has 0 saturated carbocycles. The van der Waals surface area contributed by atoms with Crippen LogP contribution in [0.25, 0.3) is 5.69 Å². The molecule has 0 spiro atoms. The average molecular weight is 497 g/mol. The summed E-state index contributed by atoms with van der Waals surface area (Å²) < 4.78 is 8.14. The van der Waals surface area contributed by atoms with Crippen LogP contribution in [0.3, 0.4) is 0 Å². The molecule has 0 fully saturated rings. The molecule has 0 bridgehead atoms. The van der Waals surface area contributed by atoms with E-state index in [1.165, 1.54) is 0 Å². The van der Waals surface area contributed by atoms with Gasteiger partial charge in [0.05, 0.1) is 30.6 Å². The number of halogens is 1. The van der Waals surface area contributed by atoms with E-state index >= 15 is 0 Å². The van der Waals surface area contributed by atoms with E-state index in [1.807, 2.05) is 66.9 Å². The van der Waals surface area contributed by atoms with Crippen LogP contribution in [0, 0.1) is 13.8 Å². The molecule has 0 aliphatic heterocycles. The van der Waals surface area contributed by atoms with Gasteiger partial charge in [0.2, 0.25) is 0 Å². The number of aryl methyl sites for hydroxylation is 1. The molecule has 7 nitrogen and oxygen atoms in total. The summed E-state index contributed by atoms with van der Waals surface area (Å²) in [5, 5.41) is 7.13. The maximum absolute atomic E-state index is 12.4. The topological polar surface area (TPSA) is 84.7 Å². The number of hydrogen-bond donors (Lipinski definition) is 2. The number of esters is 1. The van der Waals surface area contributed by atoms with Crippen molar-refractivity contribution in [2.75, 3.05) is 18.5 Å². The molecular weight excluding hydrogens is 472 g/mol. The Morgan fingerprint density at radius 3 is 2.56 bits per heavy atom. The van der Waals surface area contributed by atoms with Gasteiger partial charge in [-0.1, -0.05) is 28.1 Å². The Morgan fingerprint density at radius 1 is 1.12 bits per heavy atom. The molecule has 3 rings (SSSR count). The van der Waals surface area contributed by atoms with Gasteiger partial charge in [0, 0.05) is 27.1 Å². The quantitative estimate of drug-likeness (QED) is 0.271. The molecule has 2 N–H and O–H groups in total. The Balaban J connectivity index is 1.70. The first-order valence-electron chi connectivity index (χ1n) is 10.2. The van der Waals surface area contributed by atoms with Gasteiger partial charge in [0.25, 0.3) is 5.91 Å². The summed E-state index contributed by atoms with van der Waals surface area (Å²) in [4.78, 5) is 24.5. The van der Waals surface area contributed by atoms with Crippen molar-refractivity contribution in [3.05, 3.63) is 81.6 Å². The van der Waals surface area contributed by atoms with E-state index < -0.39 is 0 Å². The molecule has 8 heteroatoms. The first-order valence-corrected chi connectivity index (χ1v) is 11.0. The fourth-order valence-electron chi connectivity index (χ4n) is 3.30. The Morgan fingerprint density at radius 2 is 1.84 bits per heavy atom. The lowest BCUT2D eigenvalue weighted by molar-refractivity contribution is -0.119. The maximum Gasteiger partial charge on any atom is 0.340 e. The maximum atomic E-state index is 12.4. The molecular formula is C24H25BrN4O3. The lowest BCUT2D eigenvalue weighted by atomic mass is 10.1. The van der Waals surface area contributed by atoms with Crippen molar-refractivity contribution in [3.8, 4) is 5.69 Å². The van der Waals surface area contributed by atoms with E-state index in [-0.39, 0.29) is 18.4 Å². The molecule has 32 heavy (non-hydrogen) atoms. The third-order valence-electron chi connectivity index (χ3n) is 4.80. The first kappa shape index (κ1) is 23.3. The van der Waals surface area contributed by atoms with E-state index in [4.69, 9.17) is 4.74 Å². The number of carbonyl (C=O) groups is 2. The highest BCUT2D eigenvalue weighted by atomic mass is 79.9. The summed E-state index contributed by atoms with van der Waals surface area (Å²) in [5.41, 5.74) is 7.27. The fraction of sp³-hybridized carbons (Fsp3) is 0.208. The summed E-state index contributed by atoms with van der Waals surface area (Å²) in [6.07, 6.45) is 1.60. The zero-order valence-corrected chi connectivity index (χ0v) is 19.8. The van der Waals surface area contributed by atoms with Gasteiger partial charge in [0.1, 0.15) is 0 Å². The van der Waals surface area contributed by atoms with Crippen molar-refractivity contribution in [2.45, 2.75) is 20.8 Å². The van der Waals surface area contributed by atoms with Crippen molar-refractivity contribution < 1.29 is 14.3 Å². The minimum Gasteiger partial charge on any atom is -0.462 e. The molecule has 1 aromatic heterocycles. The molecule has 3 aromatic rings. The number of anilines is 1. The van der Waals surface area contributed by atoms with Crippen LogP contribution >= 0.6 is 15.9 Å². The first-order chi connectivity index (χ1) is 15.4. The monoisotopic (exact) mass is 496 g/mol. The fourth-order valence-corrected chi connectivity index (χ4v) is 3.57. The summed E-state index contributed by atoms with van der Waals surface area (Å²) in [5.74, 6) is -0.623. The number of ether oxygens (including phenoxy) is 1. The zero-order valence-electron chi connectivity index (χ0n) is 18.2. The standard InChI is InChI=1S/C24H25BrN4O3/c1-4-32-24(31)21-7-5-6-8-22(21)29-16(2)13-18(17(29)3)14-27-28-23(30)15-26-20-11-9-19(25)10-12-20/h5-14,26H,4,15H2,1-3H3,(H,28,30)/b27-14-. The third-order valence-corrected chi connectivity index (χ3v) is 5.33. The smallest absolute Gasteiger partial charge is 0.340 e. The highest BCUT2D eigenvalue weighted by molar-refractivity contribution is 9.10. The van der Waals surface area contributed by atoms with Gasteiger partial charge in [-0.15, -0.1) is 0 Å². The molecule has 0 unspecified atom stereocenters. The number of para-hydroxylation sites is 1. The predicted octanol–water partition coefficient (Wildman–Crippen LogP) is 4.60. The van der Waals surface area contributed by atoms with E-state index in [0.29, 0.717) is 12.2 Å². The number of nitrogens with zero attached hydrogens (tertiary/aromatic N) is 2. The van der Waals surface area contributed by atoms with Crippen LogP contribution in [0.1, 0.15) is 34.2 Å². The molecule has 0 aliphatic carbocycles. The van der Waals surface area contributed by atoms with Crippen LogP contribution in [0.15, 0.2) is 64.2 Å². The Kier molecular flexibility index (Phi) is 7.83. The van der Waals surface area contributed by atoms with Crippen LogP contribution in [0.2, 0.25) is 0 Å². The highest BCUT2D eigenvalue weighted by Crippen LogP contribution is 2.23. The minimum absolute atomic E-state index is 0.102. The molecule has 2 aromatic carbocycles. The largest absolute Gasteiger partial charge is 0.462 e. The minimum atomic E-state index is -0.364. The molecule has 0 aliphatic rings. The molecule has 0 atom stereocenters. The van der Waals surface area contributed by atoms with Crippen LogP contribution in [-0.2, 0) is 9.53 Å². The lowest BCUT2D eigenvalue weighted by Gasteiger charge is -2.14. The Labute approximate surface area is 195 Å². The summed E-state index contributed by atoms with van der Waals surface area (Å²) in [7, 11) is 0. The van der Waals surface area contributed by atoms with Crippen molar-refractivity contribution >= 4 is 39.7 Å². The summed E-state index contributed by atoms with van der Waals surface area (Å²) >= 11 is 3.38. The normalized spacial score (nSPS) is 10.9. The Bertz CT molecular complexity index is 1140. The van der Waals surface area contributed by atoms with Gasteiger partial charge in [-0.25, -0.2) is 10.2 Å². The number of nitrogens with one attached hydrogen (secondary N) is 2. The molecule has 0 radical (unpaired) electrons. The highest BCUT2D eigenvalue weighted by Gasteiger charge is 2.17. The number of carbonyl (C=O) groups excluding carboxylic acids is 2. The second-order valence-electron chi connectivity index (χ2n) is 7.05. The van der Waals surface area contributed by atoms with Crippen LogP contribution in [0.5, 0.6) is 0 Å². The summed E-state index contributed by atoms with van der Waals surface area (Å²) in [6, 6.07) is 16.8. The molecule has 166 valence electrons. The van der Waals surface area contributed by atoms with E-state index in [1.54, 1.807) is 19.2 Å². The van der Waals surface area contributed by atoms with E-state index in [9.17, 15) is 9.59 Å². The third kappa shape index (κ3) is 5.64. The van der Waals surface area contributed by atoms with Crippen molar-refractivity contribution in [1.82, 2.24) is 9.99 Å². The lowest BCUT2D eigenvalue weighted by Crippen LogP contribution is -2.25. The SMILES string of the molecule is CCOC(=O)c1ccccc1-n1c(C)cc(/C=N\NC(=O)CNc2ccc(Br)cc2)c1C. The van der Waals surface area contributed by atoms with Gasteiger partial charge in [-0.3, -0.25) is 4.79 Å². The van der Waals surface area contributed by atoms with Gasteiger partial charge < -0.3 is 14.6 Å². The number of rotatable bonds is 8. The Hall–Kier alpha value is -3.39. The van der Waals surface area contributed by atoms with Crippen LogP contribution in [0.4, 0.5) is 5.69 Å². The van der Waals surface area contributed by atoms with Gasteiger partial charge >= 0.3 is 5.97 Å². The zero-order chi connectivity index (χ0) is 23.1. The predicted molar refractivity (Wildman–Crippen MR) is 130 cm³/mol. The molecule has 1 heterocycles. The van der Waals surface area contributed by atoms with Crippen LogP contribution in [-0.4, -0.2) is 35.8 Å². The summed E-state index contributed by atoms with van der Waals surface area (Å²) in [6.45, 7) is 6.08. The number of benzene rings is 2. The van der Waals surface area contributed by atoms with Crippen molar-refractivity contribution in [1.29, 1.82) is 0 Å². The van der Waals surface area contributed by atoms with Gasteiger partial charge in [-0.05, 0) is 63.2 Å². The van der Waals surface area contributed by atoms with E-state index in [2.05, 4.69) is 31.8 Å². The van der Waals surface area contributed by atoms with Crippen LogP contribution < -0.4 is 10.7 Å². The molecule has 0 saturated heterocycles. The number of hydrazone groups is 1. The van der Waals surface area contributed by atoms with Crippen molar-refractivity contribution in [3.63, 3.8) is 0 Å². The van der Waals surface area contributed by atoms with Gasteiger partial charge in [-0.2, -0.15) is 5.10 Å². The molecule has 1 amide bonds. The second-order valence-corrected chi connectivity index (χ2v) is 7.97. The second kappa shape index (κ2) is 10.8. The number of hydrogen-bond acceptors (Lipinski definition) is 5. The van der Waals surface area contributed by atoms with Crippen molar-refractivity contribution in [2.24, 2.45) is 5.10 Å². The van der Waals surface area contributed by atoms with Gasteiger partial charge in [0.15, 0.2) is 0 Å². The number of aromatic nitrogens is 1. The average Bonchev–Trinajstić information content (AvgIpc) is 3.06.